The van der Waals surface area contributed by atoms with E-state index in [1.54, 1.807) is 11.8 Å². The summed E-state index contributed by atoms with van der Waals surface area (Å²) in [5, 5.41) is 3.40. The number of hydrogen-bond acceptors (Lipinski definition) is 6. The van der Waals surface area contributed by atoms with E-state index in [1.807, 2.05) is 54.7 Å². The number of nitrogens with one attached hydrogen (secondary N) is 1. The Labute approximate surface area is 218 Å². The highest BCUT2D eigenvalue weighted by Gasteiger charge is 2.12. The van der Waals surface area contributed by atoms with Crippen LogP contribution in [0.25, 0.3) is 0 Å². The van der Waals surface area contributed by atoms with Crippen molar-refractivity contribution in [1.82, 2.24) is 15.2 Å². The summed E-state index contributed by atoms with van der Waals surface area (Å²) in [6, 6.07) is 19.9. The average Bonchev–Trinajstić information content (AvgIpc) is 3.08. The van der Waals surface area contributed by atoms with Crippen molar-refractivity contribution in [3.8, 4) is 17.2 Å². The molecule has 3 aromatic rings. The molecule has 7 heteroatoms. The van der Waals surface area contributed by atoms with E-state index in [1.165, 1.54) is 0 Å². The van der Waals surface area contributed by atoms with Gasteiger partial charge in [-0.2, -0.15) is 0 Å². The van der Waals surface area contributed by atoms with Crippen LogP contribution in [0.1, 0.15) is 32.6 Å². The lowest BCUT2D eigenvalue weighted by atomic mass is 10.2. The first kappa shape index (κ1) is 25.8. The molecule has 0 saturated heterocycles. The summed E-state index contributed by atoms with van der Waals surface area (Å²) in [4.78, 5) is 13.7. The van der Waals surface area contributed by atoms with Crippen molar-refractivity contribution >= 4 is 23.4 Å². The minimum atomic E-state index is 0.568. The number of hydrogen-bond donors (Lipinski definition) is 1. The molecule has 0 unspecified atom stereocenters. The van der Waals surface area contributed by atoms with Crippen LogP contribution in [0, 0.1) is 0 Å². The Hall–Kier alpha value is -3.29. The Morgan fingerprint density at radius 3 is 2.69 bits per heavy atom. The minimum absolute atomic E-state index is 0.568. The highest BCUT2D eigenvalue weighted by atomic mass is 32.2. The number of benzene rings is 2. The van der Waals surface area contributed by atoms with Crippen molar-refractivity contribution in [3.63, 3.8) is 0 Å². The van der Waals surface area contributed by atoms with Gasteiger partial charge in [-0.05, 0) is 70.6 Å². The summed E-state index contributed by atoms with van der Waals surface area (Å²) >= 11 is 1.63. The van der Waals surface area contributed by atoms with Crippen LogP contribution in [0.5, 0.6) is 17.2 Å². The van der Waals surface area contributed by atoms with Crippen molar-refractivity contribution in [2.75, 3.05) is 27.2 Å². The predicted octanol–water partition coefficient (Wildman–Crippen LogP) is 7.06. The standard InChI is InChI=1S/C29H34N4O2S/c1-22-11-7-8-16-28(31-22)32-29-27(35-23-12-5-4-6-13-23)20-26(21-30-29)36-25-15-9-14-24(19-25)34-18-10-17-33(2)3/h4-6,9,11-15,19-21H,7-8,10,16-18H2,1-3H3,(H,30,31,32). The fourth-order valence-electron chi connectivity index (χ4n) is 3.73. The maximum absolute atomic E-state index is 6.24. The molecular weight excluding hydrogens is 468 g/mol. The third-order valence-electron chi connectivity index (χ3n) is 5.49. The lowest BCUT2D eigenvalue weighted by Gasteiger charge is -2.13. The monoisotopic (exact) mass is 502 g/mol. The summed E-state index contributed by atoms with van der Waals surface area (Å²) in [6.45, 7) is 3.77. The van der Waals surface area contributed by atoms with Gasteiger partial charge in [0.05, 0.1) is 6.61 Å². The second kappa shape index (κ2) is 13.1. The molecule has 6 nitrogen and oxygen atoms in total. The number of pyridine rings is 1. The fraction of sp³-hybridized carbons (Fsp3) is 0.310. The lowest BCUT2D eigenvalue weighted by molar-refractivity contribution is 0.281. The summed E-state index contributed by atoms with van der Waals surface area (Å²) < 4.78 is 12.2. The largest absolute Gasteiger partial charge is 0.494 e. The van der Waals surface area contributed by atoms with E-state index in [-0.39, 0.29) is 0 Å². The maximum Gasteiger partial charge on any atom is 0.197 e. The van der Waals surface area contributed by atoms with E-state index in [0.717, 1.165) is 65.1 Å². The van der Waals surface area contributed by atoms with Crippen LogP contribution in [0.3, 0.4) is 0 Å². The van der Waals surface area contributed by atoms with Crippen LogP contribution >= 0.6 is 11.8 Å². The molecule has 0 saturated carbocycles. The van der Waals surface area contributed by atoms with E-state index >= 15 is 0 Å². The van der Waals surface area contributed by atoms with Crippen LogP contribution < -0.4 is 14.8 Å². The highest BCUT2D eigenvalue weighted by molar-refractivity contribution is 7.99. The average molecular weight is 503 g/mol. The molecule has 0 atom stereocenters. The molecule has 0 amide bonds. The summed E-state index contributed by atoms with van der Waals surface area (Å²) in [7, 11) is 4.15. The molecule has 0 aliphatic carbocycles. The van der Waals surface area contributed by atoms with Crippen LogP contribution in [-0.4, -0.2) is 43.0 Å². The van der Waals surface area contributed by atoms with Crippen LogP contribution in [-0.2, 0) is 0 Å². The van der Waals surface area contributed by atoms with Gasteiger partial charge in [0.2, 0.25) is 0 Å². The predicted molar refractivity (Wildman–Crippen MR) is 148 cm³/mol. The first-order valence-corrected chi connectivity index (χ1v) is 13.2. The highest BCUT2D eigenvalue weighted by Crippen LogP contribution is 2.37. The van der Waals surface area contributed by atoms with Crippen molar-refractivity contribution in [1.29, 1.82) is 0 Å². The van der Waals surface area contributed by atoms with E-state index < -0.39 is 0 Å². The van der Waals surface area contributed by atoms with Gasteiger partial charge in [-0.25, -0.2) is 9.98 Å². The van der Waals surface area contributed by atoms with Gasteiger partial charge in [-0.3, -0.25) is 0 Å². The van der Waals surface area contributed by atoms with Crippen LogP contribution in [0.2, 0.25) is 0 Å². The van der Waals surface area contributed by atoms with Crippen LogP contribution in [0.15, 0.2) is 93.4 Å². The lowest BCUT2D eigenvalue weighted by Crippen LogP contribution is -2.19. The molecule has 1 aliphatic rings. The normalized spacial score (nSPS) is 14.8. The zero-order valence-electron chi connectivity index (χ0n) is 21.2. The fourth-order valence-corrected chi connectivity index (χ4v) is 4.59. The second-order valence-electron chi connectivity index (χ2n) is 8.95. The van der Waals surface area contributed by atoms with Crippen molar-refractivity contribution < 1.29 is 9.47 Å². The SMILES string of the molecule is CC1=CCCC/C(=N\c2ncc(Sc3cccc(OCCCN(C)C)c3)cc2Oc2ccccc2)N1. The van der Waals surface area contributed by atoms with Crippen LogP contribution in [0.4, 0.5) is 5.82 Å². The van der Waals surface area contributed by atoms with Gasteiger partial charge in [0.25, 0.3) is 0 Å². The van der Waals surface area contributed by atoms with Crippen molar-refractivity contribution in [3.05, 3.63) is 78.6 Å². The number of ether oxygens (including phenoxy) is 2. The van der Waals surface area contributed by atoms with Gasteiger partial charge in [0, 0.05) is 40.7 Å². The Morgan fingerprint density at radius 2 is 1.86 bits per heavy atom. The van der Waals surface area contributed by atoms with Crippen molar-refractivity contribution in [2.24, 2.45) is 4.99 Å². The molecule has 4 rings (SSSR count). The molecule has 1 N–H and O–H groups in total. The van der Waals surface area contributed by atoms with E-state index in [0.29, 0.717) is 18.2 Å². The third kappa shape index (κ3) is 8.14. The van der Waals surface area contributed by atoms with Gasteiger partial charge >= 0.3 is 0 Å². The van der Waals surface area contributed by atoms with Gasteiger partial charge < -0.3 is 19.7 Å². The quantitative estimate of drug-likeness (QED) is 0.299. The summed E-state index contributed by atoms with van der Waals surface area (Å²) in [6.07, 6.45) is 8.02. The number of rotatable bonds is 10. The number of aliphatic imine (C=N–C) groups is 1. The molecule has 0 fully saturated rings. The van der Waals surface area contributed by atoms with Gasteiger partial charge in [0.15, 0.2) is 11.6 Å². The third-order valence-corrected chi connectivity index (χ3v) is 6.44. The first-order chi connectivity index (χ1) is 17.5. The van der Waals surface area contributed by atoms with Crippen molar-refractivity contribution in [2.45, 2.75) is 42.4 Å². The molecule has 0 bridgehead atoms. The number of nitrogens with zero attached hydrogens (tertiary/aromatic N) is 3. The zero-order chi connectivity index (χ0) is 25.2. The number of aromatic nitrogens is 1. The molecule has 2 aromatic carbocycles. The first-order valence-electron chi connectivity index (χ1n) is 12.3. The molecule has 36 heavy (non-hydrogen) atoms. The van der Waals surface area contributed by atoms with Gasteiger partial charge in [-0.15, -0.1) is 0 Å². The Balaban J connectivity index is 1.53. The smallest absolute Gasteiger partial charge is 0.197 e. The maximum atomic E-state index is 6.24. The Bertz CT molecular complexity index is 1190. The van der Waals surface area contributed by atoms with E-state index in [2.05, 4.69) is 49.4 Å². The Kier molecular flexibility index (Phi) is 9.41. The van der Waals surface area contributed by atoms with E-state index in [4.69, 9.17) is 19.5 Å². The molecule has 188 valence electrons. The molecule has 1 aliphatic heterocycles. The Morgan fingerprint density at radius 1 is 1.03 bits per heavy atom. The minimum Gasteiger partial charge on any atom is -0.494 e. The number of amidine groups is 1. The van der Waals surface area contributed by atoms with E-state index in [9.17, 15) is 0 Å². The topological polar surface area (TPSA) is 59.0 Å². The molecule has 1 aromatic heterocycles. The second-order valence-corrected chi connectivity index (χ2v) is 10.1. The number of allylic oxidation sites excluding steroid dienone is 2. The zero-order valence-corrected chi connectivity index (χ0v) is 22.1. The molecule has 2 heterocycles. The van der Waals surface area contributed by atoms with Gasteiger partial charge in [-0.1, -0.05) is 42.1 Å². The molecule has 0 radical (unpaired) electrons. The molecule has 0 spiro atoms. The number of para-hydroxylation sites is 1. The molecular formula is C29H34N4O2S. The summed E-state index contributed by atoms with van der Waals surface area (Å²) in [5.41, 5.74) is 1.12. The van der Waals surface area contributed by atoms with Gasteiger partial charge in [0.1, 0.15) is 17.3 Å². The summed E-state index contributed by atoms with van der Waals surface area (Å²) in [5.74, 6) is 3.73.